The van der Waals surface area contributed by atoms with E-state index in [0.29, 0.717) is 31.2 Å². The minimum absolute atomic E-state index is 0.0279. The highest BCUT2D eigenvalue weighted by Gasteiger charge is 2.23. The van der Waals surface area contributed by atoms with E-state index in [1.54, 1.807) is 4.90 Å². The number of carbonyl (C=O) groups is 2. The Bertz CT molecular complexity index is 761. The van der Waals surface area contributed by atoms with E-state index in [9.17, 15) is 14.0 Å². The summed E-state index contributed by atoms with van der Waals surface area (Å²) in [6.45, 7) is 2.48. The molecular formula is C17H17ClFN3O2S. The highest BCUT2D eigenvalue weighted by atomic mass is 35.5. The van der Waals surface area contributed by atoms with Gasteiger partial charge in [0.05, 0.1) is 17.1 Å². The average Bonchev–Trinajstić information content (AvgIpc) is 3.13. The second kappa shape index (κ2) is 7.95. The molecule has 0 atom stereocenters. The number of nitrogens with zero attached hydrogens (tertiary/aromatic N) is 2. The summed E-state index contributed by atoms with van der Waals surface area (Å²) >= 11 is 7.24. The van der Waals surface area contributed by atoms with Crippen LogP contribution in [-0.4, -0.2) is 54.3 Å². The highest BCUT2D eigenvalue weighted by molar-refractivity contribution is 7.12. The maximum Gasteiger partial charge on any atom is 0.264 e. The number of nitrogens with one attached hydrogen (secondary N) is 1. The Morgan fingerprint density at radius 3 is 2.64 bits per heavy atom. The zero-order valence-corrected chi connectivity index (χ0v) is 14.9. The van der Waals surface area contributed by atoms with Crippen molar-refractivity contribution in [1.29, 1.82) is 0 Å². The van der Waals surface area contributed by atoms with Crippen LogP contribution in [0.1, 0.15) is 9.67 Å². The van der Waals surface area contributed by atoms with Gasteiger partial charge in [-0.3, -0.25) is 14.5 Å². The van der Waals surface area contributed by atoms with Crippen LogP contribution in [0.4, 0.5) is 10.1 Å². The van der Waals surface area contributed by atoms with Crippen LogP contribution in [0.5, 0.6) is 0 Å². The van der Waals surface area contributed by atoms with E-state index in [-0.39, 0.29) is 24.0 Å². The van der Waals surface area contributed by atoms with Crippen LogP contribution < -0.4 is 5.32 Å². The van der Waals surface area contributed by atoms with E-state index >= 15 is 0 Å². The predicted molar refractivity (Wildman–Crippen MR) is 96.7 cm³/mol. The minimum Gasteiger partial charge on any atom is -0.335 e. The number of rotatable bonds is 4. The molecule has 1 saturated heterocycles. The maximum absolute atomic E-state index is 13.7. The van der Waals surface area contributed by atoms with Crippen molar-refractivity contribution in [3.63, 3.8) is 0 Å². The Hall–Kier alpha value is -1.96. The molecule has 0 aliphatic carbocycles. The molecule has 2 heterocycles. The Balaban J connectivity index is 1.49. The molecule has 2 aromatic rings. The summed E-state index contributed by atoms with van der Waals surface area (Å²) in [5.41, 5.74) is 0.0732. The van der Waals surface area contributed by atoms with Crippen LogP contribution in [0.2, 0.25) is 5.02 Å². The molecule has 8 heteroatoms. The largest absolute Gasteiger partial charge is 0.335 e. The Labute approximate surface area is 154 Å². The fraction of sp³-hybridized carbons (Fsp3) is 0.294. The summed E-state index contributed by atoms with van der Waals surface area (Å²) in [5, 5.41) is 4.77. The highest BCUT2D eigenvalue weighted by Crippen LogP contribution is 2.19. The van der Waals surface area contributed by atoms with E-state index in [1.807, 2.05) is 22.4 Å². The second-order valence-electron chi connectivity index (χ2n) is 5.72. The standard InChI is InChI=1S/C17H17ClFN3O2S/c18-12-3-4-13(19)14(10-12)20-16(23)11-21-5-7-22(8-6-21)17(24)15-2-1-9-25-15/h1-4,9-10H,5-8,11H2,(H,20,23). The molecule has 0 bridgehead atoms. The lowest BCUT2D eigenvalue weighted by molar-refractivity contribution is -0.117. The molecule has 5 nitrogen and oxygen atoms in total. The lowest BCUT2D eigenvalue weighted by Gasteiger charge is -2.34. The van der Waals surface area contributed by atoms with Gasteiger partial charge in [-0.05, 0) is 29.6 Å². The van der Waals surface area contributed by atoms with Gasteiger partial charge in [-0.15, -0.1) is 11.3 Å². The van der Waals surface area contributed by atoms with E-state index in [4.69, 9.17) is 11.6 Å². The lowest BCUT2D eigenvalue weighted by atomic mass is 10.2. The summed E-state index contributed by atoms with van der Waals surface area (Å²) in [6.07, 6.45) is 0. The number of piperazine rings is 1. The monoisotopic (exact) mass is 381 g/mol. The minimum atomic E-state index is -0.524. The Morgan fingerprint density at radius 1 is 1.20 bits per heavy atom. The van der Waals surface area contributed by atoms with Crippen LogP contribution in [0.25, 0.3) is 0 Å². The molecule has 0 saturated carbocycles. The molecule has 1 N–H and O–H groups in total. The third kappa shape index (κ3) is 4.56. The third-order valence-corrected chi connectivity index (χ3v) is 5.05. The predicted octanol–water partition coefficient (Wildman–Crippen LogP) is 2.94. The van der Waals surface area contributed by atoms with Crippen molar-refractivity contribution in [2.24, 2.45) is 0 Å². The zero-order chi connectivity index (χ0) is 17.8. The van der Waals surface area contributed by atoms with Gasteiger partial charge in [-0.1, -0.05) is 17.7 Å². The van der Waals surface area contributed by atoms with Gasteiger partial charge in [0.15, 0.2) is 0 Å². The topological polar surface area (TPSA) is 52.7 Å². The van der Waals surface area contributed by atoms with E-state index < -0.39 is 5.82 Å². The van der Waals surface area contributed by atoms with Gasteiger partial charge in [-0.25, -0.2) is 4.39 Å². The van der Waals surface area contributed by atoms with Gasteiger partial charge in [0, 0.05) is 31.2 Å². The second-order valence-corrected chi connectivity index (χ2v) is 7.10. The molecule has 1 aromatic heterocycles. The first kappa shape index (κ1) is 17.8. The molecule has 1 aliphatic heterocycles. The SMILES string of the molecule is O=C(CN1CCN(C(=O)c2cccs2)CC1)Nc1cc(Cl)ccc1F. The molecule has 1 aromatic carbocycles. The molecule has 25 heavy (non-hydrogen) atoms. The quantitative estimate of drug-likeness (QED) is 0.885. The summed E-state index contributed by atoms with van der Waals surface area (Å²) < 4.78 is 13.7. The molecule has 1 fully saturated rings. The third-order valence-electron chi connectivity index (χ3n) is 3.96. The fourth-order valence-electron chi connectivity index (χ4n) is 2.65. The van der Waals surface area contributed by atoms with Crippen molar-refractivity contribution in [3.8, 4) is 0 Å². The van der Waals surface area contributed by atoms with Gasteiger partial charge < -0.3 is 10.2 Å². The molecule has 132 valence electrons. The van der Waals surface area contributed by atoms with Crippen molar-refractivity contribution >= 4 is 40.4 Å². The van der Waals surface area contributed by atoms with Gasteiger partial charge in [-0.2, -0.15) is 0 Å². The number of hydrogen-bond donors (Lipinski definition) is 1. The smallest absolute Gasteiger partial charge is 0.264 e. The van der Waals surface area contributed by atoms with Crippen LogP contribution in [-0.2, 0) is 4.79 Å². The van der Waals surface area contributed by atoms with Crippen molar-refractivity contribution in [2.75, 3.05) is 38.0 Å². The summed E-state index contributed by atoms with van der Waals surface area (Å²) in [4.78, 5) is 28.8. The number of anilines is 1. The molecule has 0 spiro atoms. The Kier molecular flexibility index (Phi) is 5.67. The molecule has 0 unspecified atom stereocenters. The van der Waals surface area contributed by atoms with Gasteiger partial charge >= 0.3 is 0 Å². The number of carbonyl (C=O) groups excluding carboxylic acids is 2. The first-order chi connectivity index (χ1) is 12.0. The summed E-state index contributed by atoms with van der Waals surface area (Å²) in [6, 6.07) is 7.69. The van der Waals surface area contributed by atoms with Crippen molar-refractivity contribution in [2.45, 2.75) is 0 Å². The van der Waals surface area contributed by atoms with Crippen LogP contribution in [0.3, 0.4) is 0 Å². The molecule has 2 amide bonds. The van der Waals surface area contributed by atoms with Crippen molar-refractivity contribution in [3.05, 3.63) is 51.4 Å². The van der Waals surface area contributed by atoms with E-state index in [1.165, 1.54) is 29.5 Å². The first-order valence-electron chi connectivity index (χ1n) is 7.83. The average molecular weight is 382 g/mol. The summed E-state index contributed by atoms with van der Waals surface area (Å²) in [7, 11) is 0. The van der Waals surface area contributed by atoms with Crippen LogP contribution >= 0.6 is 22.9 Å². The molecule has 1 aliphatic rings. The van der Waals surface area contributed by atoms with Crippen molar-refractivity contribution < 1.29 is 14.0 Å². The van der Waals surface area contributed by atoms with Crippen LogP contribution in [0.15, 0.2) is 35.7 Å². The zero-order valence-electron chi connectivity index (χ0n) is 13.4. The fourth-order valence-corrected chi connectivity index (χ4v) is 3.51. The van der Waals surface area contributed by atoms with E-state index in [0.717, 1.165) is 4.88 Å². The van der Waals surface area contributed by atoms with Crippen molar-refractivity contribution in [1.82, 2.24) is 9.80 Å². The van der Waals surface area contributed by atoms with Gasteiger partial charge in [0.1, 0.15) is 5.82 Å². The number of amides is 2. The number of halogens is 2. The number of hydrogen-bond acceptors (Lipinski definition) is 4. The Morgan fingerprint density at radius 2 is 1.96 bits per heavy atom. The molecular weight excluding hydrogens is 365 g/mol. The molecule has 3 rings (SSSR count). The van der Waals surface area contributed by atoms with Gasteiger partial charge in [0.25, 0.3) is 5.91 Å². The van der Waals surface area contributed by atoms with Gasteiger partial charge in [0.2, 0.25) is 5.91 Å². The van der Waals surface area contributed by atoms with Crippen LogP contribution in [0, 0.1) is 5.82 Å². The lowest BCUT2D eigenvalue weighted by Crippen LogP contribution is -2.50. The molecule has 0 radical (unpaired) electrons. The number of thiophene rings is 1. The normalized spacial score (nSPS) is 15.2. The summed E-state index contributed by atoms with van der Waals surface area (Å²) in [5.74, 6) is -0.802. The number of benzene rings is 1. The first-order valence-corrected chi connectivity index (χ1v) is 9.09. The maximum atomic E-state index is 13.7. The van der Waals surface area contributed by atoms with E-state index in [2.05, 4.69) is 5.32 Å².